The van der Waals surface area contributed by atoms with Crippen molar-refractivity contribution in [3.63, 3.8) is 0 Å². The zero-order chi connectivity index (χ0) is 19.6. The van der Waals surface area contributed by atoms with E-state index >= 15 is 0 Å². The molecule has 0 bridgehead atoms. The lowest BCUT2D eigenvalue weighted by Crippen LogP contribution is -2.09. The van der Waals surface area contributed by atoms with Crippen LogP contribution in [0.1, 0.15) is 12.6 Å². The molecule has 0 aliphatic rings. The molecule has 2 aromatic heterocycles. The predicted octanol–water partition coefficient (Wildman–Crippen LogP) is 4.73. The van der Waals surface area contributed by atoms with E-state index in [0.717, 1.165) is 25.3 Å². The van der Waals surface area contributed by atoms with Gasteiger partial charge in [-0.25, -0.2) is 18.7 Å². The lowest BCUT2D eigenvalue weighted by Gasteiger charge is -2.13. The van der Waals surface area contributed by atoms with Crippen LogP contribution in [-0.4, -0.2) is 22.1 Å². The normalized spacial score (nSPS) is 11.3. The van der Waals surface area contributed by atoms with Crippen molar-refractivity contribution in [2.75, 3.05) is 7.11 Å². The molecule has 27 heavy (non-hydrogen) atoms. The lowest BCUT2D eigenvalue weighted by molar-refractivity contribution is 0.0127. The van der Waals surface area contributed by atoms with Crippen LogP contribution in [-0.2, 0) is 5.92 Å². The maximum absolute atomic E-state index is 14.3. The van der Waals surface area contributed by atoms with Crippen LogP contribution in [0, 0.1) is 11.6 Å². The van der Waals surface area contributed by atoms with Gasteiger partial charge in [0.25, 0.3) is 5.92 Å². The van der Waals surface area contributed by atoms with Crippen LogP contribution in [0.5, 0.6) is 17.4 Å². The van der Waals surface area contributed by atoms with Gasteiger partial charge in [-0.15, -0.1) is 0 Å². The van der Waals surface area contributed by atoms with Gasteiger partial charge in [-0.3, -0.25) is 4.98 Å². The Morgan fingerprint density at radius 1 is 0.963 bits per heavy atom. The summed E-state index contributed by atoms with van der Waals surface area (Å²) in [6.07, 6.45) is 3.54. The second-order valence-electron chi connectivity index (χ2n) is 5.58. The Labute approximate surface area is 151 Å². The van der Waals surface area contributed by atoms with Gasteiger partial charge in [0.15, 0.2) is 11.6 Å². The van der Waals surface area contributed by atoms with Gasteiger partial charge >= 0.3 is 0 Å². The second kappa shape index (κ2) is 7.18. The topological polar surface area (TPSA) is 57.1 Å². The molecule has 0 atom stereocenters. The Kier molecular flexibility index (Phi) is 4.93. The third kappa shape index (κ3) is 3.97. The fraction of sp³-hybridized carbons (Fsp3) is 0.167. The summed E-state index contributed by atoms with van der Waals surface area (Å²) in [5, 5.41) is 0. The molecule has 0 N–H and O–H groups in total. The predicted molar refractivity (Wildman–Crippen MR) is 87.8 cm³/mol. The molecule has 5 nitrogen and oxygen atoms in total. The van der Waals surface area contributed by atoms with E-state index in [0.29, 0.717) is 6.07 Å². The summed E-state index contributed by atoms with van der Waals surface area (Å²) in [6.45, 7) is 0.725. The highest BCUT2D eigenvalue weighted by Gasteiger charge is 2.26. The third-order valence-electron chi connectivity index (χ3n) is 3.61. The van der Waals surface area contributed by atoms with E-state index in [1.165, 1.54) is 25.7 Å². The number of pyridine rings is 1. The Balaban J connectivity index is 1.98. The van der Waals surface area contributed by atoms with Crippen LogP contribution in [0.25, 0.3) is 11.1 Å². The summed E-state index contributed by atoms with van der Waals surface area (Å²) < 4.78 is 64.8. The highest BCUT2D eigenvalue weighted by molar-refractivity contribution is 5.70. The summed E-state index contributed by atoms with van der Waals surface area (Å²) in [5.74, 6) is -4.94. The monoisotopic (exact) mass is 379 g/mol. The minimum Gasteiger partial charge on any atom is -0.494 e. The van der Waals surface area contributed by atoms with Crippen molar-refractivity contribution in [2.45, 2.75) is 12.8 Å². The van der Waals surface area contributed by atoms with E-state index in [1.807, 2.05) is 0 Å². The van der Waals surface area contributed by atoms with E-state index in [2.05, 4.69) is 15.0 Å². The minimum atomic E-state index is -3.09. The first-order valence-electron chi connectivity index (χ1n) is 7.65. The fourth-order valence-corrected chi connectivity index (χ4v) is 2.29. The lowest BCUT2D eigenvalue weighted by atomic mass is 10.1. The molecule has 0 fully saturated rings. The van der Waals surface area contributed by atoms with Gasteiger partial charge in [0.1, 0.15) is 23.6 Å². The van der Waals surface area contributed by atoms with Gasteiger partial charge < -0.3 is 9.47 Å². The number of hydrogen-bond donors (Lipinski definition) is 0. The molecule has 0 saturated heterocycles. The largest absolute Gasteiger partial charge is 0.494 e. The Hall–Kier alpha value is -3.23. The molecule has 140 valence electrons. The number of benzene rings is 1. The molecule has 0 radical (unpaired) electrons. The molecular formula is C18H13F4N3O2. The first-order valence-corrected chi connectivity index (χ1v) is 7.65. The molecule has 3 aromatic rings. The van der Waals surface area contributed by atoms with Crippen LogP contribution in [0.2, 0.25) is 0 Å². The zero-order valence-electron chi connectivity index (χ0n) is 14.2. The summed E-state index contributed by atoms with van der Waals surface area (Å²) in [4.78, 5) is 11.4. The molecule has 0 aliphatic heterocycles. The number of rotatable bonds is 5. The van der Waals surface area contributed by atoms with Crippen LogP contribution < -0.4 is 9.47 Å². The van der Waals surface area contributed by atoms with Gasteiger partial charge in [-0.05, 0) is 18.2 Å². The first kappa shape index (κ1) is 18.6. The molecule has 1 aromatic carbocycles. The minimum absolute atomic E-state index is 0.0477. The molecule has 0 spiro atoms. The summed E-state index contributed by atoms with van der Waals surface area (Å²) >= 11 is 0. The maximum Gasteiger partial charge on any atom is 0.286 e. The maximum atomic E-state index is 14.3. The highest BCUT2D eigenvalue weighted by Crippen LogP contribution is 2.35. The highest BCUT2D eigenvalue weighted by atomic mass is 19.3. The third-order valence-corrected chi connectivity index (χ3v) is 3.61. The van der Waals surface area contributed by atoms with Gasteiger partial charge in [0.2, 0.25) is 5.88 Å². The van der Waals surface area contributed by atoms with Crippen molar-refractivity contribution in [3.05, 3.63) is 60.3 Å². The van der Waals surface area contributed by atoms with Gasteiger partial charge in [-0.1, -0.05) is 0 Å². The number of ether oxygens (including phenoxy) is 2. The number of nitrogens with zero attached hydrogens (tertiary/aromatic N) is 3. The van der Waals surface area contributed by atoms with E-state index in [1.54, 1.807) is 0 Å². The van der Waals surface area contributed by atoms with Crippen molar-refractivity contribution in [2.24, 2.45) is 0 Å². The first-order chi connectivity index (χ1) is 12.8. The smallest absolute Gasteiger partial charge is 0.286 e. The number of aromatic nitrogens is 3. The molecule has 3 rings (SSSR count). The van der Waals surface area contributed by atoms with Crippen LogP contribution >= 0.6 is 0 Å². The van der Waals surface area contributed by atoms with Crippen LogP contribution in [0.4, 0.5) is 17.6 Å². The number of methoxy groups -OCH3 is 1. The molecule has 0 unspecified atom stereocenters. The Morgan fingerprint density at radius 3 is 2.37 bits per heavy atom. The summed E-state index contributed by atoms with van der Waals surface area (Å²) in [5.41, 5.74) is -0.348. The van der Waals surface area contributed by atoms with E-state index in [9.17, 15) is 17.6 Å². The van der Waals surface area contributed by atoms with E-state index in [4.69, 9.17) is 9.47 Å². The molecule has 0 aliphatic carbocycles. The summed E-state index contributed by atoms with van der Waals surface area (Å²) in [7, 11) is 1.25. The van der Waals surface area contributed by atoms with Gasteiger partial charge in [0.05, 0.1) is 18.9 Å². The molecule has 2 heterocycles. The van der Waals surface area contributed by atoms with Gasteiger partial charge in [-0.2, -0.15) is 8.78 Å². The molecule has 9 heteroatoms. The van der Waals surface area contributed by atoms with Crippen molar-refractivity contribution in [3.8, 4) is 28.5 Å². The Bertz CT molecular complexity index is 960. The number of halogens is 4. The van der Waals surface area contributed by atoms with Crippen molar-refractivity contribution >= 4 is 0 Å². The van der Waals surface area contributed by atoms with Crippen molar-refractivity contribution < 1.29 is 27.0 Å². The zero-order valence-corrected chi connectivity index (χ0v) is 14.2. The molecular weight excluding hydrogens is 366 g/mol. The second-order valence-corrected chi connectivity index (χ2v) is 5.58. The standard InChI is InChI=1S/C18H13F4N3O2/c1-18(21,22)16-4-3-10(7-24-16)27-17-12(8-23-9-25-17)11-5-15(26-2)14(20)6-13(11)19/h3-9H,1-2H3. The number of hydrogen-bond acceptors (Lipinski definition) is 5. The van der Waals surface area contributed by atoms with E-state index < -0.39 is 23.3 Å². The molecule has 0 amide bonds. The average molecular weight is 379 g/mol. The SMILES string of the molecule is COc1cc(-c2cncnc2Oc2ccc(C(C)(F)F)nc2)c(F)cc1F. The van der Waals surface area contributed by atoms with E-state index in [-0.39, 0.29) is 28.5 Å². The fourth-order valence-electron chi connectivity index (χ4n) is 2.29. The Morgan fingerprint density at radius 2 is 1.74 bits per heavy atom. The average Bonchev–Trinajstić information content (AvgIpc) is 2.62. The quantitative estimate of drug-likeness (QED) is 0.600. The number of alkyl halides is 2. The van der Waals surface area contributed by atoms with Crippen molar-refractivity contribution in [1.29, 1.82) is 0 Å². The van der Waals surface area contributed by atoms with Gasteiger partial charge in [0, 0.05) is 24.8 Å². The summed E-state index contributed by atoms with van der Waals surface area (Å²) in [6, 6.07) is 4.21. The van der Waals surface area contributed by atoms with Crippen molar-refractivity contribution in [1.82, 2.24) is 15.0 Å². The molecule has 0 saturated carbocycles. The van der Waals surface area contributed by atoms with Crippen LogP contribution in [0.15, 0.2) is 43.0 Å². The van der Waals surface area contributed by atoms with Crippen LogP contribution in [0.3, 0.4) is 0 Å².